The molecule has 1 amide bonds. The molecule has 1 atom stereocenters. The Morgan fingerprint density at radius 3 is 2.39 bits per heavy atom. The SMILES string of the molecule is COc1ccc(OC(C)C(=O)NS(=O)(=O)c2cccnc2)cc1. The van der Waals surface area contributed by atoms with Crippen LogP contribution in [0, 0.1) is 0 Å². The molecule has 0 fully saturated rings. The number of methoxy groups -OCH3 is 1. The van der Waals surface area contributed by atoms with E-state index in [1.807, 2.05) is 4.72 Å². The number of aromatic nitrogens is 1. The highest BCUT2D eigenvalue weighted by atomic mass is 32.2. The first-order chi connectivity index (χ1) is 10.9. The Hall–Kier alpha value is -2.61. The van der Waals surface area contributed by atoms with E-state index in [4.69, 9.17) is 9.47 Å². The molecule has 122 valence electrons. The lowest BCUT2D eigenvalue weighted by atomic mass is 10.3. The van der Waals surface area contributed by atoms with E-state index >= 15 is 0 Å². The molecular formula is C15H16N2O5S. The van der Waals surface area contributed by atoms with Crippen LogP contribution in [-0.2, 0) is 14.8 Å². The quantitative estimate of drug-likeness (QED) is 0.856. The first-order valence-electron chi connectivity index (χ1n) is 6.70. The highest BCUT2D eigenvalue weighted by Crippen LogP contribution is 2.18. The van der Waals surface area contributed by atoms with Crippen LogP contribution < -0.4 is 14.2 Å². The standard InChI is InChI=1S/C15H16N2O5S/c1-11(22-13-7-5-12(21-2)6-8-13)15(18)17-23(19,20)14-4-3-9-16-10-14/h3-11H,1-2H3,(H,17,18). The Labute approximate surface area is 134 Å². The second kappa shape index (κ2) is 7.10. The van der Waals surface area contributed by atoms with E-state index in [2.05, 4.69) is 4.98 Å². The Morgan fingerprint density at radius 1 is 1.17 bits per heavy atom. The molecule has 0 spiro atoms. The number of ether oxygens (including phenoxy) is 2. The lowest BCUT2D eigenvalue weighted by Gasteiger charge is -2.15. The zero-order valence-electron chi connectivity index (χ0n) is 12.6. The molecule has 0 aliphatic rings. The van der Waals surface area contributed by atoms with E-state index in [1.54, 1.807) is 24.3 Å². The van der Waals surface area contributed by atoms with Crippen molar-refractivity contribution in [2.24, 2.45) is 0 Å². The summed E-state index contributed by atoms with van der Waals surface area (Å²) in [6, 6.07) is 9.41. The zero-order valence-corrected chi connectivity index (χ0v) is 13.4. The molecule has 8 heteroatoms. The van der Waals surface area contributed by atoms with Crippen LogP contribution in [0.2, 0.25) is 0 Å². The minimum atomic E-state index is -3.97. The Morgan fingerprint density at radius 2 is 1.83 bits per heavy atom. The zero-order chi connectivity index (χ0) is 16.9. The number of benzene rings is 1. The smallest absolute Gasteiger partial charge is 0.274 e. The van der Waals surface area contributed by atoms with Crippen molar-refractivity contribution in [3.63, 3.8) is 0 Å². The second-order valence-electron chi connectivity index (χ2n) is 4.59. The number of carbonyl (C=O) groups excluding carboxylic acids is 1. The molecule has 1 unspecified atom stereocenters. The first kappa shape index (κ1) is 16.8. The maximum absolute atomic E-state index is 12.0. The van der Waals surface area contributed by atoms with Gasteiger partial charge in [0, 0.05) is 12.4 Å². The molecule has 1 heterocycles. The predicted molar refractivity (Wildman–Crippen MR) is 82.6 cm³/mol. The van der Waals surface area contributed by atoms with Crippen molar-refractivity contribution in [2.45, 2.75) is 17.9 Å². The topological polar surface area (TPSA) is 94.6 Å². The van der Waals surface area contributed by atoms with Crippen molar-refractivity contribution in [2.75, 3.05) is 7.11 Å². The van der Waals surface area contributed by atoms with Crippen LogP contribution >= 0.6 is 0 Å². The number of carbonyl (C=O) groups is 1. The Bertz CT molecular complexity index is 760. The van der Waals surface area contributed by atoms with E-state index in [1.165, 1.54) is 32.4 Å². The van der Waals surface area contributed by atoms with Crippen LogP contribution in [0.4, 0.5) is 0 Å². The van der Waals surface area contributed by atoms with Crippen molar-refractivity contribution >= 4 is 15.9 Å². The number of hydrogen-bond acceptors (Lipinski definition) is 6. The van der Waals surface area contributed by atoms with E-state index in [-0.39, 0.29) is 4.90 Å². The van der Waals surface area contributed by atoms with Crippen molar-refractivity contribution in [3.05, 3.63) is 48.8 Å². The van der Waals surface area contributed by atoms with E-state index in [0.29, 0.717) is 11.5 Å². The fourth-order valence-corrected chi connectivity index (χ4v) is 2.70. The fraction of sp³-hybridized carbons (Fsp3) is 0.200. The van der Waals surface area contributed by atoms with E-state index < -0.39 is 22.0 Å². The molecule has 1 aromatic heterocycles. The highest BCUT2D eigenvalue weighted by Gasteiger charge is 2.23. The van der Waals surface area contributed by atoms with Crippen molar-refractivity contribution < 1.29 is 22.7 Å². The molecule has 0 aliphatic heterocycles. The number of hydrogen-bond donors (Lipinski definition) is 1. The lowest BCUT2D eigenvalue weighted by molar-refractivity contribution is -0.125. The van der Waals surface area contributed by atoms with Crippen molar-refractivity contribution in [3.8, 4) is 11.5 Å². The molecule has 0 saturated carbocycles. The van der Waals surface area contributed by atoms with Gasteiger partial charge in [-0.3, -0.25) is 9.78 Å². The average molecular weight is 336 g/mol. The van der Waals surface area contributed by atoms with Gasteiger partial charge in [0.05, 0.1) is 7.11 Å². The fourth-order valence-electron chi connectivity index (χ4n) is 1.69. The minimum Gasteiger partial charge on any atom is -0.497 e. The summed E-state index contributed by atoms with van der Waals surface area (Å²) in [4.78, 5) is 15.6. The molecule has 7 nitrogen and oxygen atoms in total. The van der Waals surface area contributed by atoms with Crippen LogP contribution in [0.15, 0.2) is 53.7 Å². The molecule has 2 aromatic rings. The summed E-state index contributed by atoms with van der Waals surface area (Å²) < 4.78 is 36.5. The van der Waals surface area contributed by atoms with Gasteiger partial charge in [-0.2, -0.15) is 0 Å². The van der Waals surface area contributed by atoms with Crippen LogP contribution in [0.5, 0.6) is 11.5 Å². The maximum Gasteiger partial charge on any atom is 0.274 e. The Kier molecular flexibility index (Phi) is 5.17. The molecule has 2 rings (SSSR count). The third-order valence-corrected chi connectivity index (χ3v) is 4.25. The number of amides is 1. The van der Waals surface area contributed by atoms with Gasteiger partial charge in [-0.15, -0.1) is 0 Å². The summed E-state index contributed by atoms with van der Waals surface area (Å²) in [5.41, 5.74) is 0. The van der Waals surface area contributed by atoms with Gasteiger partial charge in [0.1, 0.15) is 16.4 Å². The summed E-state index contributed by atoms with van der Waals surface area (Å²) in [5.74, 6) is 0.297. The van der Waals surface area contributed by atoms with Gasteiger partial charge in [0.15, 0.2) is 6.10 Å². The molecular weight excluding hydrogens is 320 g/mol. The molecule has 0 bridgehead atoms. The summed E-state index contributed by atoms with van der Waals surface area (Å²) >= 11 is 0. The summed E-state index contributed by atoms with van der Waals surface area (Å²) in [7, 11) is -2.43. The number of pyridine rings is 1. The second-order valence-corrected chi connectivity index (χ2v) is 6.28. The van der Waals surface area contributed by atoms with Gasteiger partial charge in [0.25, 0.3) is 15.9 Å². The molecule has 0 radical (unpaired) electrons. The van der Waals surface area contributed by atoms with Crippen molar-refractivity contribution in [1.82, 2.24) is 9.71 Å². The average Bonchev–Trinajstić information content (AvgIpc) is 2.56. The largest absolute Gasteiger partial charge is 0.497 e. The molecule has 0 saturated heterocycles. The van der Waals surface area contributed by atoms with E-state index in [0.717, 1.165) is 6.20 Å². The van der Waals surface area contributed by atoms with Crippen LogP contribution in [0.3, 0.4) is 0 Å². The van der Waals surface area contributed by atoms with Gasteiger partial charge in [-0.1, -0.05) is 0 Å². The van der Waals surface area contributed by atoms with Crippen LogP contribution in [-0.4, -0.2) is 32.5 Å². The van der Waals surface area contributed by atoms with Crippen LogP contribution in [0.25, 0.3) is 0 Å². The molecule has 23 heavy (non-hydrogen) atoms. The number of rotatable bonds is 6. The number of sulfonamides is 1. The van der Waals surface area contributed by atoms with E-state index in [9.17, 15) is 13.2 Å². The van der Waals surface area contributed by atoms with Crippen molar-refractivity contribution in [1.29, 1.82) is 0 Å². The summed E-state index contributed by atoms with van der Waals surface area (Å²) in [6.07, 6.45) is 1.61. The lowest BCUT2D eigenvalue weighted by Crippen LogP contribution is -2.40. The third kappa shape index (κ3) is 4.43. The van der Waals surface area contributed by atoms with Gasteiger partial charge in [-0.05, 0) is 43.3 Å². The minimum absolute atomic E-state index is 0.0926. The van der Waals surface area contributed by atoms with Gasteiger partial charge < -0.3 is 9.47 Å². The van der Waals surface area contributed by atoms with Gasteiger partial charge >= 0.3 is 0 Å². The van der Waals surface area contributed by atoms with Gasteiger partial charge in [0.2, 0.25) is 0 Å². The third-order valence-electron chi connectivity index (χ3n) is 2.92. The molecule has 1 aromatic carbocycles. The molecule has 1 N–H and O–H groups in total. The predicted octanol–water partition coefficient (Wildman–Crippen LogP) is 1.36. The maximum atomic E-state index is 12.0. The molecule has 0 aliphatic carbocycles. The van der Waals surface area contributed by atoms with Crippen LogP contribution in [0.1, 0.15) is 6.92 Å². The number of nitrogens with zero attached hydrogens (tertiary/aromatic N) is 1. The number of nitrogens with one attached hydrogen (secondary N) is 1. The monoisotopic (exact) mass is 336 g/mol. The highest BCUT2D eigenvalue weighted by molar-refractivity contribution is 7.90. The summed E-state index contributed by atoms with van der Waals surface area (Å²) in [6.45, 7) is 1.46. The normalized spacial score (nSPS) is 12.3. The summed E-state index contributed by atoms with van der Waals surface area (Å²) in [5, 5.41) is 0. The Balaban J connectivity index is 2.02. The first-order valence-corrected chi connectivity index (χ1v) is 8.18. The van der Waals surface area contributed by atoms with Gasteiger partial charge in [-0.25, -0.2) is 13.1 Å².